The SMILES string of the molecule is COC(=O)c1ccc(CN(CCCCC(=O)OC(C)(C)C)CCc2ccccc2OCc2ccc(-c3ccccc3)cc2)cc1OC. The van der Waals surface area contributed by atoms with E-state index in [2.05, 4.69) is 47.4 Å². The van der Waals surface area contributed by atoms with Gasteiger partial charge in [-0.25, -0.2) is 4.79 Å². The van der Waals surface area contributed by atoms with Crippen molar-refractivity contribution in [1.29, 1.82) is 0 Å². The van der Waals surface area contributed by atoms with Crippen LogP contribution >= 0.6 is 0 Å². The molecule has 0 atom stereocenters. The molecule has 4 aromatic carbocycles. The standard InChI is InChI=1S/C40H47NO6/c1-40(2,3)47-38(42)17-11-12-25-41(28-31-20-23-35(39(43)45-5)37(27-31)44-4)26-24-34-15-9-10-16-36(34)46-29-30-18-21-33(22-19-30)32-13-7-6-8-14-32/h6-10,13-16,18-23,27H,11-12,17,24-26,28-29H2,1-5H3. The fourth-order valence-corrected chi connectivity index (χ4v) is 5.35. The number of rotatable bonds is 16. The predicted octanol–water partition coefficient (Wildman–Crippen LogP) is 8.28. The Kier molecular flexibility index (Phi) is 13.0. The normalized spacial score (nSPS) is 11.3. The van der Waals surface area contributed by atoms with Gasteiger partial charge in [-0.2, -0.15) is 0 Å². The van der Waals surface area contributed by atoms with Gasteiger partial charge in [0, 0.05) is 19.5 Å². The zero-order chi connectivity index (χ0) is 33.6. The summed E-state index contributed by atoms with van der Waals surface area (Å²) < 4.78 is 22.2. The van der Waals surface area contributed by atoms with E-state index in [1.165, 1.54) is 18.2 Å². The van der Waals surface area contributed by atoms with Crippen molar-refractivity contribution >= 4 is 11.9 Å². The number of unbranched alkanes of at least 4 members (excludes halogenated alkanes) is 1. The van der Waals surface area contributed by atoms with Crippen LogP contribution in [-0.4, -0.2) is 49.7 Å². The Morgan fingerprint density at radius 1 is 0.723 bits per heavy atom. The summed E-state index contributed by atoms with van der Waals surface area (Å²) in [6.07, 6.45) is 2.74. The average molecular weight is 638 g/mol. The molecule has 0 N–H and O–H groups in total. The molecule has 0 aliphatic carbocycles. The highest BCUT2D eigenvalue weighted by Gasteiger charge is 2.17. The van der Waals surface area contributed by atoms with Gasteiger partial charge in [0.1, 0.15) is 29.3 Å². The molecule has 0 amide bonds. The summed E-state index contributed by atoms with van der Waals surface area (Å²) in [5, 5.41) is 0. The van der Waals surface area contributed by atoms with Crippen LogP contribution in [0.5, 0.6) is 11.5 Å². The van der Waals surface area contributed by atoms with E-state index < -0.39 is 11.6 Å². The van der Waals surface area contributed by atoms with Crippen LogP contribution in [0.4, 0.5) is 0 Å². The Bertz CT molecular complexity index is 1580. The van der Waals surface area contributed by atoms with Crippen LogP contribution in [0.1, 0.15) is 67.1 Å². The zero-order valence-electron chi connectivity index (χ0n) is 28.3. The molecule has 0 spiro atoms. The number of carbonyl (C=O) groups is 2. The number of nitrogens with zero attached hydrogens (tertiary/aromatic N) is 1. The fraction of sp³-hybridized carbons (Fsp3) is 0.350. The summed E-state index contributed by atoms with van der Waals surface area (Å²) in [5.41, 5.74) is 5.53. The topological polar surface area (TPSA) is 74.3 Å². The molecule has 0 aromatic heterocycles. The van der Waals surface area contributed by atoms with Crippen molar-refractivity contribution in [2.75, 3.05) is 27.3 Å². The lowest BCUT2D eigenvalue weighted by Gasteiger charge is -2.24. The maximum Gasteiger partial charge on any atom is 0.341 e. The molecular formula is C40H47NO6. The second-order valence-corrected chi connectivity index (χ2v) is 12.6. The molecule has 0 saturated heterocycles. The first-order chi connectivity index (χ1) is 22.6. The molecule has 0 radical (unpaired) electrons. The van der Waals surface area contributed by atoms with Crippen molar-refractivity contribution < 1.29 is 28.5 Å². The number of benzene rings is 4. The summed E-state index contributed by atoms with van der Waals surface area (Å²) >= 11 is 0. The third-order valence-corrected chi connectivity index (χ3v) is 7.73. The van der Waals surface area contributed by atoms with E-state index in [1.54, 1.807) is 13.2 Å². The van der Waals surface area contributed by atoms with Gasteiger partial charge in [0.2, 0.25) is 0 Å². The molecule has 0 unspecified atom stereocenters. The van der Waals surface area contributed by atoms with Gasteiger partial charge >= 0.3 is 11.9 Å². The molecule has 4 rings (SSSR count). The first kappa shape index (κ1) is 35.2. The number of carbonyl (C=O) groups excluding carboxylic acids is 2. The molecule has 248 valence electrons. The number of ether oxygens (including phenoxy) is 4. The first-order valence-corrected chi connectivity index (χ1v) is 16.2. The van der Waals surface area contributed by atoms with Crippen molar-refractivity contribution in [3.63, 3.8) is 0 Å². The summed E-state index contributed by atoms with van der Waals surface area (Å²) in [6.45, 7) is 8.36. The van der Waals surface area contributed by atoms with Crippen LogP contribution in [0.15, 0.2) is 97.1 Å². The van der Waals surface area contributed by atoms with Gasteiger partial charge in [0.05, 0.1) is 14.2 Å². The first-order valence-electron chi connectivity index (χ1n) is 16.2. The maximum atomic E-state index is 12.3. The fourth-order valence-electron chi connectivity index (χ4n) is 5.35. The monoisotopic (exact) mass is 637 g/mol. The lowest BCUT2D eigenvalue weighted by Crippen LogP contribution is -2.27. The highest BCUT2D eigenvalue weighted by molar-refractivity contribution is 5.92. The Labute approximate surface area is 279 Å². The Hall–Kier alpha value is -4.62. The van der Waals surface area contributed by atoms with E-state index >= 15 is 0 Å². The molecule has 0 saturated carbocycles. The van der Waals surface area contributed by atoms with Crippen molar-refractivity contribution in [3.05, 3.63) is 119 Å². The van der Waals surface area contributed by atoms with Gasteiger partial charge < -0.3 is 18.9 Å². The minimum atomic E-state index is -0.486. The summed E-state index contributed by atoms with van der Waals surface area (Å²) in [7, 11) is 2.91. The second-order valence-electron chi connectivity index (χ2n) is 12.6. The van der Waals surface area contributed by atoms with Gasteiger partial charge in [-0.05, 0) is 92.6 Å². The largest absolute Gasteiger partial charge is 0.496 e. The lowest BCUT2D eigenvalue weighted by molar-refractivity contribution is -0.154. The average Bonchev–Trinajstić information content (AvgIpc) is 3.07. The van der Waals surface area contributed by atoms with Crippen molar-refractivity contribution in [2.45, 2.75) is 65.2 Å². The van der Waals surface area contributed by atoms with Crippen molar-refractivity contribution in [2.24, 2.45) is 0 Å². The number of para-hydroxylation sites is 1. The molecule has 0 heterocycles. The molecular weight excluding hydrogens is 590 g/mol. The van der Waals surface area contributed by atoms with Gasteiger partial charge in [-0.1, -0.05) is 78.9 Å². The summed E-state index contributed by atoms with van der Waals surface area (Å²) in [4.78, 5) is 26.8. The molecule has 0 aliphatic rings. The van der Waals surface area contributed by atoms with Crippen LogP contribution in [0.2, 0.25) is 0 Å². The molecule has 7 heteroatoms. The Balaban J connectivity index is 1.41. The number of hydrogen-bond acceptors (Lipinski definition) is 7. The second kappa shape index (κ2) is 17.3. The summed E-state index contributed by atoms with van der Waals surface area (Å²) in [6, 6.07) is 32.6. The molecule has 0 aliphatic heterocycles. The van der Waals surface area contributed by atoms with E-state index in [0.717, 1.165) is 54.8 Å². The van der Waals surface area contributed by atoms with Crippen LogP contribution < -0.4 is 9.47 Å². The minimum Gasteiger partial charge on any atom is -0.496 e. The Morgan fingerprint density at radius 2 is 1.40 bits per heavy atom. The number of esters is 2. The van der Waals surface area contributed by atoms with Crippen LogP contribution in [0.25, 0.3) is 11.1 Å². The zero-order valence-corrected chi connectivity index (χ0v) is 28.3. The van der Waals surface area contributed by atoms with E-state index in [-0.39, 0.29) is 5.97 Å². The lowest BCUT2D eigenvalue weighted by atomic mass is 10.0. The Morgan fingerprint density at radius 3 is 2.11 bits per heavy atom. The van der Waals surface area contributed by atoms with E-state index in [4.69, 9.17) is 18.9 Å². The molecule has 0 fully saturated rings. The highest BCUT2D eigenvalue weighted by atomic mass is 16.6. The minimum absolute atomic E-state index is 0.173. The molecule has 0 bridgehead atoms. The molecule has 7 nitrogen and oxygen atoms in total. The quantitative estimate of drug-likeness (QED) is 0.0904. The number of methoxy groups -OCH3 is 2. The van der Waals surface area contributed by atoms with Gasteiger partial charge in [0.25, 0.3) is 0 Å². The van der Waals surface area contributed by atoms with Crippen molar-refractivity contribution in [3.8, 4) is 22.6 Å². The highest BCUT2D eigenvalue weighted by Crippen LogP contribution is 2.25. The smallest absolute Gasteiger partial charge is 0.341 e. The van der Waals surface area contributed by atoms with Gasteiger partial charge in [-0.3, -0.25) is 9.69 Å². The maximum absolute atomic E-state index is 12.3. The third-order valence-electron chi connectivity index (χ3n) is 7.73. The van der Waals surface area contributed by atoms with Crippen molar-refractivity contribution in [1.82, 2.24) is 4.90 Å². The number of hydrogen-bond donors (Lipinski definition) is 0. The summed E-state index contributed by atoms with van der Waals surface area (Å²) in [5.74, 6) is 0.743. The molecule has 47 heavy (non-hydrogen) atoms. The van der Waals surface area contributed by atoms with E-state index in [1.807, 2.05) is 69.3 Å². The van der Waals surface area contributed by atoms with E-state index in [9.17, 15) is 9.59 Å². The third kappa shape index (κ3) is 11.3. The van der Waals surface area contributed by atoms with E-state index in [0.29, 0.717) is 30.9 Å². The molecule has 4 aromatic rings. The van der Waals surface area contributed by atoms with Crippen LogP contribution in [0, 0.1) is 0 Å². The van der Waals surface area contributed by atoms with Gasteiger partial charge in [0.15, 0.2) is 0 Å². The predicted molar refractivity (Wildman–Crippen MR) is 186 cm³/mol. The van der Waals surface area contributed by atoms with Crippen LogP contribution in [0.3, 0.4) is 0 Å². The van der Waals surface area contributed by atoms with Crippen LogP contribution in [-0.2, 0) is 33.8 Å². The van der Waals surface area contributed by atoms with Gasteiger partial charge in [-0.15, -0.1) is 0 Å².